The summed E-state index contributed by atoms with van der Waals surface area (Å²) in [5.74, 6) is 1.24. The van der Waals surface area contributed by atoms with Crippen molar-refractivity contribution in [3.8, 4) is 0 Å². The van der Waals surface area contributed by atoms with Gasteiger partial charge in [0.15, 0.2) is 5.82 Å². The molecule has 8 heteroatoms. The molecule has 4 N–H and O–H groups in total. The first-order valence-corrected chi connectivity index (χ1v) is 9.23. The van der Waals surface area contributed by atoms with Crippen molar-refractivity contribution in [2.45, 2.75) is 39.0 Å². The number of pyridine rings is 1. The molecule has 2 heterocycles. The summed E-state index contributed by atoms with van der Waals surface area (Å²) >= 11 is 0. The second-order valence-electron chi connectivity index (χ2n) is 6.35. The van der Waals surface area contributed by atoms with Crippen molar-refractivity contribution in [3.05, 3.63) is 30.1 Å². The number of unbranched alkanes of at least 4 members (excludes halogenated alkanes) is 2. The van der Waals surface area contributed by atoms with Crippen molar-refractivity contribution in [1.29, 1.82) is 0 Å². The quantitative estimate of drug-likeness (QED) is 0.558. The third-order valence-electron chi connectivity index (χ3n) is 4.30. The Kier molecular flexibility index (Phi) is 5.95. The summed E-state index contributed by atoms with van der Waals surface area (Å²) in [4.78, 5) is 25.8. The molecule has 2 aromatic heterocycles. The average molecular weight is 371 g/mol. The molecule has 3 aromatic rings. The number of nitrogens with zero attached hydrogens (tertiary/aromatic N) is 3. The number of primary amides is 1. The summed E-state index contributed by atoms with van der Waals surface area (Å²) in [5.41, 5.74) is 13.4. The Morgan fingerprint density at radius 1 is 1.15 bits per heavy atom. The predicted molar refractivity (Wildman–Crippen MR) is 104 cm³/mol. The van der Waals surface area contributed by atoms with Crippen LogP contribution in [0.25, 0.3) is 21.9 Å². The van der Waals surface area contributed by atoms with Crippen LogP contribution in [0.2, 0.25) is 0 Å². The minimum Gasteiger partial charge on any atom is -0.450 e. The van der Waals surface area contributed by atoms with Crippen LogP contribution in [-0.2, 0) is 11.2 Å². The Bertz CT molecular complexity index is 938. The number of carbonyl (C=O) groups excluding carboxylic acids is 1. The number of hydrogen-bond donors (Lipinski definition) is 2. The SMILES string of the molecule is CCCCc1nc2c(N)nc3ccccc3c2n1OCCCCOC(N)=O. The fourth-order valence-corrected chi connectivity index (χ4v) is 2.99. The molecule has 3 rings (SSSR count). The highest BCUT2D eigenvalue weighted by Gasteiger charge is 2.18. The number of imidazole rings is 1. The van der Waals surface area contributed by atoms with Gasteiger partial charge >= 0.3 is 6.09 Å². The van der Waals surface area contributed by atoms with Gasteiger partial charge in [0.05, 0.1) is 12.1 Å². The van der Waals surface area contributed by atoms with E-state index in [1.807, 2.05) is 24.3 Å². The topological polar surface area (TPSA) is 118 Å². The van der Waals surface area contributed by atoms with E-state index in [-0.39, 0.29) is 6.61 Å². The van der Waals surface area contributed by atoms with Crippen LogP contribution in [0.4, 0.5) is 10.6 Å². The highest BCUT2D eigenvalue weighted by atomic mass is 16.7. The van der Waals surface area contributed by atoms with E-state index in [9.17, 15) is 4.79 Å². The number of anilines is 1. The second-order valence-corrected chi connectivity index (χ2v) is 6.35. The lowest BCUT2D eigenvalue weighted by Crippen LogP contribution is -2.17. The number of benzene rings is 1. The molecule has 0 saturated carbocycles. The monoisotopic (exact) mass is 371 g/mol. The molecule has 1 aromatic carbocycles. The van der Waals surface area contributed by atoms with E-state index < -0.39 is 6.09 Å². The fourth-order valence-electron chi connectivity index (χ4n) is 2.99. The Hall–Kier alpha value is -3.03. The van der Waals surface area contributed by atoms with Crippen molar-refractivity contribution in [2.24, 2.45) is 5.73 Å². The number of ether oxygens (including phenoxy) is 1. The van der Waals surface area contributed by atoms with E-state index >= 15 is 0 Å². The lowest BCUT2D eigenvalue weighted by molar-refractivity contribution is 0.101. The second kappa shape index (κ2) is 8.57. The third-order valence-corrected chi connectivity index (χ3v) is 4.30. The standard InChI is InChI=1S/C19H25N5O3/c1-2-3-10-15-23-16-17(13-8-4-5-9-14(13)22-18(16)20)24(15)27-12-7-6-11-26-19(21)25/h4-5,8-9H,2-3,6-7,10-12H2,1H3,(H2,20,22)(H2,21,25). The molecule has 0 bridgehead atoms. The molecular formula is C19H25N5O3. The molecule has 0 saturated heterocycles. The third kappa shape index (κ3) is 4.21. The molecule has 0 spiro atoms. The maximum atomic E-state index is 10.6. The molecule has 0 unspecified atom stereocenters. The first-order chi connectivity index (χ1) is 13.1. The average Bonchev–Trinajstić information content (AvgIpc) is 3.02. The molecule has 144 valence electrons. The van der Waals surface area contributed by atoms with Gasteiger partial charge in [0, 0.05) is 11.8 Å². The van der Waals surface area contributed by atoms with Crippen LogP contribution in [0.3, 0.4) is 0 Å². The first-order valence-electron chi connectivity index (χ1n) is 9.23. The number of aromatic nitrogens is 3. The minimum absolute atomic E-state index is 0.284. The Morgan fingerprint density at radius 3 is 2.70 bits per heavy atom. The number of hydrogen-bond acceptors (Lipinski definition) is 6. The molecule has 0 aliphatic heterocycles. The Labute approximate surface area is 157 Å². The van der Waals surface area contributed by atoms with Crippen LogP contribution in [-0.4, -0.2) is 34.0 Å². The number of rotatable bonds is 9. The van der Waals surface area contributed by atoms with Gasteiger partial charge in [-0.1, -0.05) is 31.5 Å². The lowest BCUT2D eigenvalue weighted by atomic mass is 10.2. The van der Waals surface area contributed by atoms with E-state index in [1.165, 1.54) is 0 Å². The minimum atomic E-state index is -0.757. The Morgan fingerprint density at radius 2 is 1.93 bits per heavy atom. The van der Waals surface area contributed by atoms with E-state index in [0.29, 0.717) is 24.4 Å². The molecule has 0 aliphatic carbocycles. The zero-order chi connectivity index (χ0) is 19.2. The summed E-state index contributed by atoms with van der Waals surface area (Å²) in [6, 6.07) is 7.81. The van der Waals surface area contributed by atoms with Crippen LogP contribution in [0, 0.1) is 0 Å². The summed E-state index contributed by atoms with van der Waals surface area (Å²) in [7, 11) is 0. The van der Waals surface area contributed by atoms with E-state index in [2.05, 4.69) is 11.9 Å². The zero-order valence-corrected chi connectivity index (χ0v) is 15.5. The normalized spacial score (nSPS) is 11.1. The van der Waals surface area contributed by atoms with Crippen LogP contribution in [0.5, 0.6) is 0 Å². The number of amides is 1. The van der Waals surface area contributed by atoms with Crippen LogP contribution in [0.15, 0.2) is 24.3 Å². The van der Waals surface area contributed by atoms with E-state index in [4.69, 9.17) is 26.0 Å². The van der Waals surface area contributed by atoms with Gasteiger partial charge in [-0.15, -0.1) is 0 Å². The predicted octanol–water partition coefficient (Wildman–Crippen LogP) is 2.81. The molecule has 0 fully saturated rings. The van der Waals surface area contributed by atoms with E-state index in [0.717, 1.165) is 47.9 Å². The summed E-state index contributed by atoms with van der Waals surface area (Å²) < 4.78 is 6.53. The molecule has 0 radical (unpaired) electrons. The van der Waals surface area contributed by atoms with Crippen LogP contribution < -0.4 is 16.3 Å². The highest BCUT2D eigenvalue weighted by molar-refractivity contribution is 6.06. The lowest BCUT2D eigenvalue weighted by Gasteiger charge is -2.12. The van der Waals surface area contributed by atoms with Crippen molar-refractivity contribution < 1.29 is 14.4 Å². The van der Waals surface area contributed by atoms with Gasteiger partial charge in [-0.25, -0.2) is 14.8 Å². The summed E-state index contributed by atoms with van der Waals surface area (Å²) in [6.07, 6.45) is 3.49. The largest absolute Gasteiger partial charge is 0.450 e. The summed E-state index contributed by atoms with van der Waals surface area (Å²) in [6.45, 7) is 2.88. The highest BCUT2D eigenvalue weighted by Crippen LogP contribution is 2.28. The Balaban J connectivity index is 1.89. The maximum absolute atomic E-state index is 10.6. The molecule has 0 aliphatic rings. The number of fused-ring (bicyclic) bond motifs is 3. The van der Waals surface area contributed by atoms with Crippen molar-refractivity contribution in [3.63, 3.8) is 0 Å². The molecule has 8 nitrogen and oxygen atoms in total. The van der Waals surface area contributed by atoms with Crippen LogP contribution >= 0.6 is 0 Å². The number of nitrogens with two attached hydrogens (primary N) is 2. The first kappa shape index (κ1) is 18.8. The summed E-state index contributed by atoms with van der Waals surface area (Å²) in [5, 5.41) is 0.953. The number of nitrogen functional groups attached to an aromatic ring is 1. The zero-order valence-electron chi connectivity index (χ0n) is 15.5. The fraction of sp³-hybridized carbons (Fsp3) is 0.421. The molecule has 0 atom stereocenters. The van der Waals surface area contributed by atoms with Gasteiger partial charge in [-0.2, -0.15) is 4.73 Å². The molecule has 27 heavy (non-hydrogen) atoms. The number of aryl methyl sites for hydroxylation is 1. The molecular weight excluding hydrogens is 346 g/mol. The number of carbonyl (C=O) groups is 1. The number of para-hydroxylation sites is 1. The van der Waals surface area contributed by atoms with Gasteiger partial charge < -0.3 is 21.0 Å². The van der Waals surface area contributed by atoms with Gasteiger partial charge in [0.1, 0.15) is 23.5 Å². The maximum Gasteiger partial charge on any atom is 0.404 e. The van der Waals surface area contributed by atoms with Gasteiger partial charge in [0.2, 0.25) is 0 Å². The molecule has 1 amide bonds. The smallest absolute Gasteiger partial charge is 0.404 e. The van der Waals surface area contributed by atoms with Crippen molar-refractivity contribution in [2.75, 3.05) is 18.9 Å². The van der Waals surface area contributed by atoms with Gasteiger partial charge in [-0.05, 0) is 25.3 Å². The van der Waals surface area contributed by atoms with Crippen LogP contribution in [0.1, 0.15) is 38.4 Å². The van der Waals surface area contributed by atoms with Crippen molar-refractivity contribution >= 4 is 33.8 Å². The van der Waals surface area contributed by atoms with E-state index in [1.54, 1.807) is 4.73 Å². The van der Waals surface area contributed by atoms with Gasteiger partial charge in [-0.3, -0.25) is 0 Å². The van der Waals surface area contributed by atoms with Gasteiger partial charge in [0.25, 0.3) is 0 Å². The van der Waals surface area contributed by atoms with Crippen molar-refractivity contribution in [1.82, 2.24) is 14.7 Å².